The first-order valence-corrected chi connectivity index (χ1v) is 9.85. The van der Waals surface area contributed by atoms with Crippen LogP contribution in [0.5, 0.6) is 0 Å². The highest BCUT2D eigenvalue weighted by Crippen LogP contribution is 2.21. The van der Waals surface area contributed by atoms with Gasteiger partial charge in [0, 0.05) is 57.9 Å². The van der Waals surface area contributed by atoms with Gasteiger partial charge in [-0.2, -0.15) is 0 Å². The van der Waals surface area contributed by atoms with Crippen LogP contribution in [0.3, 0.4) is 0 Å². The molecular weight excluding hydrogens is 344 g/mol. The van der Waals surface area contributed by atoms with Crippen molar-refractivity contribution in [2.24, 2.45) is 5.92 Å². The summed E-state index contributed by atoms with van der Waals surface area (Å²) in [6.45, 7) is 9.61. The standard InChI is InChI=1S/C19H30N6O2/c1-14-17(8-20-19(21-14)24-6-4-22(2)5-7-24)18(26)25-10-15-9-23(3)16(11-25)13-27-12-15/h8,15-16H,4-7,9-13H2,1-3H3/t15-,16+/m1/s1. The monoisotopic (exact) mass is 374 g/mol. The molecule has 2 atom stereocenters. The summed E-state index contributed by atoms with van der Waals surface area (Å²) >= 11 is 0. The molecule has 2 bridgehead atoms. The lowest BCUT2D eigenvalue weighted by molar-refractivity contribution is 0.0433. The molecule has 8 nitrogen and oxygen atoms in total. The minimum atomic E-state index is 0.0460. The van der Waals surface area contributed by atoms with E-state index in [2.05, 4.69) is 38.8 Å². The summed E-state index contributed by atoms with van der Waals surface area (Å²) in [6, 6.07) is 0.257. The Morgan fingerprint density at radius 3 is 2.63 bits per heavy atom. The largest absolute Gasteiger partial charge is 0.379 e. The van der Waals surface area contributed by atoms with Crippen LogP contribution in [0.25, 0.3) is 0 Å². The molecule has 0 radical (unpaired) electrons. The molecule has 0 unspecified atom stereocenters. The van der Waals surface area contributed by atoms with Crippen LogP contribution in [0, 0.1) is 12.8 Å². The molecule has 0 N–H and O–H groups in total. The zero-order chi connectivity index (χ0) is 19.0. The molecule has 8 heteroatoms. The predicted octanol–water partition coefficient (Wildman–Crippen LogP) is -0.0606. The maximum Gasteiger partial charge on any atom is 0.257 e. The van der Waals surface area contributed by atoms with Gasteiger partial charge in [-0.15, -0.1) is 0 Å². The Labute approximate surface area is 161 Å². The van der Waals surface area contributed by atoms with Crippen molar-refractivity contribution in [1.29, 1.82) is 0 Å². The third-order valence-electron chi connectivity index (χ3n) is 6.01. The molecule has 1 aromatic rings. The molecule has 0 saturated carbocycles. The maximum atomic E-state index is 13.2. The second kappa shape index (κ2) is 7.69. The summed E-state index contributed by atoms with van der Waals surface area (Å²) in [4.78, 5) is 31.2. The Balaban J connectivity index is 1.50. The van der Waals surface area contributed by atoms with Crippen LogP contribution < -0.4 is 4.90 Å². The highest BCUT2D eigenvalue weighted by atomic mass is 16.5. The molecule has 1 amide bonds. The molecule has 1 aromatic heterocycles. The number of amides is 1. The molecule has 4 heterocycles. The normalized spacial score (nSPS) is 27.5. The Kier molecular flexibility index (Phi) is 5.29. The van der Waals surface area contributed by atoms with E-state index in [9.17, 15) is 4.79 Å². The number of likely N-dealkylation sites (N-methyl/N-ethyl adjacent to an activating group) is 2. The van der Waals surface area contributed by atoms with E-state index in [0.717, 1.165) is 57.5 Å². The summed E-state index contributed by atoms with van der Waals surface area (Å²) in [5.74, 6) is 1.14. The summed E-state index contributed by atoms with van der Waals surface area (Å²) in [5.41, 5.74) is 1.39. The lowest BCUT2D eigenvalue weighted by atomic mass is 10.1. The van der Waals surface area contributed by atoms with E-state index < -0.39 is 0 Å². The average Bonchev–Trinajstić information content (AvgIpc) is 2.90. The maximum absolute atomic E-state index is 13.2. The molecule has 0 spiro atoms. The number of rotatable bonds is 2. The van der Waals surface area contributed by atoms with Gasteiger partial charge in [-0.1, -0.05) is 0 Å². The van der Waals surface area contributed by atoms with Gasteiger partial charge in [0.05, 0.1) is 30.5 Å². The van der Waals surface area contributed by atoms with E-state index in [1.165, 1.54) is 0 Å². The van der Waals surface area contributed by atoms with Gasteiger partial charge < -0.3 is 19.4 Å². The minimum absolute atomic E-state index is 0.0460. The van der Waals surface area contributed by atoms with Crippen LogP contribution in [0.2, 0.25) is 0 Å². The van der Waals surface area contributed by atoms with Crippen molar-refractivity contribution in [1.82, 2.24) is 24.7 Å². The zero-order valence-corrected chi connectivity index (χ0v) is 16.6. The first kappa shape index (κ1) is 18.6. The number of ether oxygens (including phenoxy) is 1. The van der Waals surface area contributed by atoms with Gasteiger partial charge in [0.15, 0.2) is 0 Å². The fourth-order valence-electron chi connectivity index (χ4n) is 4.21. The number of hydrogen-bond acceptors (Lipinski definition) is 7. The molecule has 0 aromatic carbocycles. The Morgan fingerprint density at radius 2 is 1.89 bits per heavy atom. The lowest BCUT2D eigenvalue weighted by Crippen LogP contribution is -2.46. The quantitative estimate of drug-likeness (QED) is 0.719. The number of fused-ring (bicyclic) bond motifs is 3. The SMILES string of the molecule is Cc1nc(N2CCN(C)CC2)ncc1C(=O)N1C[C@@H]2COC[C@H](C1)N(C)C2. The molecule has 3 fully saturated rings. The van der Waals surface area contributed by atoms with Crippen molar-refractivity contribution in [2.45, 2.75) is 13.0 Å². The fourth-order valence-corrected chi connectivity index (χ4v) is 4.21. The minimum Gasteiger partial charge on any atom is -0.379 e. The number of anilines is 1. The van der Waals surface area contributed by atoms with E-state index in [0.29, 0.717) is 24.6 Å². The van der Waals surface area contributed by atoms with Gasteiger partial charge in [-0.05, 0) is 21.0 Å². The number of piperazine rings is 1. The van der Waals surface area contributed by atoms with Crippen molar-refractivity contribution in [3.63, 3.8) is 0 Å². The van der Waals surface area contributed by atoms with Crippen molar-refractivity contribution in [3.8, 4) is 0 Å². The number of carbonyl (C=O) groups is 1. The molecule has 3 aliphatic rings. The molecule has 4 rings (SSSR count). The molecular formula is C19H30N6O2. The lowest BCUT2D eigenvalue weighted by Gasteiger charge is -2.33. The van der Waals surface area contributed by atoms with E-state index in [1.54, 1.807) is 6.20 Å². The zero-order valence-electron chi connectivity index (χ0n) is 16.6. The molecule has 27 heavy (non-hydrogen) atoms. The van der Waals surface area contributed by atoms with E-state index in [1.807, 2.05) is 11.8 Å². The van der Waals surface area contributed by atoms with Crippen LogP contribution in [-0.4, -0.2) is 110 Å². The molecule has 3 saturated heterocycles. The summed E-state index contributed by atoms with van der Waals surface area (Å²) in [6.07, 6.45) is 1.72. The predicted molar refractivity (Wildman–Crippen MR) is 103 cm³/mol. The second-order valence-corrected chi connectivity index (χ2v) is 8.17. The number of aromatic nitrogens is 2. The third kappa shape index (κ3) is 3.93. The van der Waals surface area contributed by atoms with Crippen molar-refractivity contribution < 1.29 is 9.53 Å². The van der Waals surface area contributed by atoms with E-state index >= 15 is 0 Å². The fraction of sp³-hybridized carbons (Fsp3) is 0.737. The number of hydrogen-bond donors (Lipinski definition) is 0. The van der Waals surface area contributed by atoms with Gasteiger partial charge in [0.25, 0.3) is 5.91 Å². The highest BCUT2D eigenvalue weighted by molar-refractivity contribution is 5.95. The summed E-state index contributed by atoms with van der Waals surface area (Å²) < 4.78 is 5.77. The van der Waals surface area contributed by atoms with E-state index in [4.69, 9.17) is 4.74 Å². The van der Waals surface area contributed by atoms with Gasteiger partial charge >= 0.3 is 0 Å². The number of carbonyl (C=O) groups excluding carboxylic acids is 1. The van der Waals surface area contributed by atoms with Crippen molar-refractivity contribution in [2.75, 3.05) is 78.0 Å². The van der Waals surface area contributed by atoms with Gasteiger partial charge in [-0.3, -0.25) is 9.69 Å². The number of aryl methyl sites for hydroxylation is 1. The summed E-state index contributed by atoms with van der Waals surface area (Å²) in [5, 5.41) is 0. The van der Waals surface area contributed by atoms with Crippen molar-refractivity contribution in [3.05, 3.63) is 17.5 Å². The number of nitrogens with zero attached hydrogens (tertiary/aromatic N) is 6. The van der Waals surface area contributed by atoms with Crippen molar-refractivity contribution >= 4 is 11.9 Å². The van der Waals surface area contributed by atoms with Gasteiger partial charge in [0.1, 0.15) is 0 Å². The van der Waals surface area contributed by atoms with Crippen LogP contribution in [-0.2, 0) is 4.74 Å². The molecule has 3 aliphatic heterocycles. The third-order valence-corrected chi connectivity index (χ3v) is 6.01. The first-order valence-electron chi connectivity index (χ1n) is 9.85. The highest BCUT2D eigenvalue weighted by Gasteiger charge is 2.34. The van der Waals surface area contributed by atoms with Crippen LogP contribution >= 0.6 is 0 Å². The molecule has 148 valence electrons. The first-order chi connectivity index (χ1) is 13.0. The Hall–Kier alpha value is -1.77. The van der Waals surface area contributed by atoms with Gasteiger partial charge in [-0.25, -0.2) is 9.97 Å². The van der Waals surface area contributed by atoms with Gasteiger partial charge in [0.2, 0.25) is 5.95 Å². The Morgan fingerprint density at radius 1 is 1.11 bits per heavy atom. The Bertz CT molecular complexity index is 691. The van der Waals surface area contributed by atoms with Crippen LogP contribution in [0.15, 0.2) is 6.20 Å². The smallest absolute Gasteiger partial charge is 0.257 e. The second-order valence-electron chi connectivity index (χ2n) is 8.17. The van der Waals surface area contributed by atoms with Crippen LogP contribution in [0.4, 0.5) is 5.95 Å². The topological polar surface area (TPSA) is 65.0 Å². The van der Waals surface area contributed by atoms with Crippen LogP contribution in [0.1, 0.15) is 16.1 Å². The average molecular weight is 374 g/mol. The molecule has 0 aliphatic carbocycles. The van der Waals surface area contributed by atoms with E-state index in [-0.39, 0.29) is 11.9 Å². The summed E-state index contributed by atoms with van der Waals surface area (Å²) in [7, 11) is 4.25.